The maximum atomic E-state index is 14.0. The number of imide groups is 1. The zero-order valence-electron chi connectivity index (χ0n) is 17.1. The summed E-state index contributed by atoms with van der Waals surface area (Å²) >= 11 is 0. The van der Waals surface area contributed by atoms with Crippen LogP contribution in [-0.4, -0.2) is 40.7 Å². The predicted molar refractivity (Wildman–Crippen MR) is 117 cm³/mol. The topological polar surface area (TPSA) is 74.6 Å². The van der Waals surface area contributed by atoms with E-state index in [2.05, 4.69) is 10.2 Å². The molecule has 2 N–H and O–H groups in total. The fourth-order valence-corrected chi connectivity index (χ4v) is 4.53. The number of anilines is 1. The van der Waals surface area contributed by atoms with E-state index < -0.39 is 17.6 Å². The average molecular weight is 419 g/mol. The Kier molecular flexibility index (Phi) is 4.63. The van der Waals surface area contributed by atoms with Gasteiger partial charge in [-0.05, 0) is 48.7 Å². The highest BCUT2D eigenvalue weighted by atomic mass is 19.1. The van der Waals surface area contributed by atoms with Gasteiger partial charge in [-0.3, -0.25) is 14.9 Å². The zero-order valence-corrected chi connectivity index (χ0v) is 17.1. The highest BCUT2D eigenvalue weighted by molar-refractivity contribution is 6.50. The van der Waals surface area contributed by atoms with E-state index in [9.17, 15) is 19.1 Å². The number of nitrogens with zero attached hydrogens (tertiary/aromatic N) is 2. The molecule has 0 unspecified atom stereocenters. The molecule has 0 bridgehead atoms. The average Bonchev–Trinajstić information content (AvgIpc) is 3.23. The number of hydrogen-bond acceptors (Lipinski definition) is 4. The summed E-state index contributed by atoms with van der Waals surface area (Å²) in [6, 6.07) is 12.0. The maximum absolute atomic E-state index is 14.0. The second-order valence-corrected chi connectivity index (χ2v) is 8.12. The quantitative estimate of drug-likeness (QED) is 0.641. The van der Waals surface area contributed by atoms with E-state index in [0.29, 0.717) is 34.9 Å². The molecule has 2 aromatic carbocycles. The molecule has 1 fully saturated rings. The number of halogens is 1. The Morgan fingerprint density at radius 3 is 2.55 bits per heavy atom. The molecule has 2 amide bonds. The number of carbonyl (C=O) groups excluding carboxylic acids is 2. The largest absolute Gasteiger partial charge is 0.393 e. The summed E-state index contributed by atoms with van der Waals surface area (Å²) in [5.41, 5.74) is 3.42. The molecule has 0 radical (unpaired) electrons. The third kappa shape index (κ3) is 3.31. The fraction of sp³-hybridized carbons (Fsp3) is 0.250. The number of piperidine rings is 1. The summed E-state index contributed by atoms with van der Waals surface area (Å²) < 4.78 is 15.8. The molecule has 1 saturated heterocycles. The minimum atomic E-state index is -0.483. The van der Waals surface area contributed by atoms with Gasteiger partial charge in [-0.25, -0.2) is 4.39 Å². The van der Waals surface area contributed by atoms with Gasteiger partial charge in [0.05, 0.1) is 17.3 Å². The highest BCUT2D eigenvalue weighted by Gasteiger charge is 2.34. The van der Waals surface area contributed by atoms with Crippen molar-refractivity contribution in [2.45, 2.75) is 18.9 Å². The van der Waals surface area contributed by atoms with E-state index in [1.165, 1.54) is 12.1 Å². The molecule has 0 aliphatic carbocycles. The maximum Gasteiger partial charge on any atom is 0.259 e. The number of amides is 2. The SMILES string of the molecule is Cn1cc(C2=C(c3cccc(N4CCC(O)CC4)c3)C(=O)NC2=O)c2cc(F)ccc21. The number of carbonyl (C=O) groups is 2. The molecule has 6 nitrogen and oxygen atoms in total. The third-order valence-electron chi connectivity index (χ3n) is 6.12. The van der Waals surface area contributed by atoms with Crippen molar-refractivity contribution in [3.63, 3.8) is 0 Å². The van der Waals surface area contributed by atoms with Crippen LogP contribution in [0, 0.1) is 5.82 Å². The van der Waals surface area contributed by atoms with E-state index in [-0.39, 0.29) is 11.7 Å². The zero-order chi connectivity index (χ0) is 21.7. The molecular weight excluding hydrogens is 397 g/mol. The number of aromatic nitrogens is 1. The molecule has 0 spiro atoms. The van der Waals surface area contributed by atoms with Crippen LogP contribution in [0.5, 0.6) is 0 Å². The van der Waals surface area contributed by atoms with Gasteiger partial charge in [-0.1, -0.05) is 12.1 Å². The lowest BCUT2D eigenvalue weighted by Gasteiger charge is -2.31. The standard InChI is InChI=1S/C24H22FN3O3/c1-27-13-19(18-12-15(25)5-6-20(18)27)22-21(23(30)26-24(22)31)14-3-2-4-16(11-14)28-9-7-17(29)8-10-28/h2-6,11-13,17,29H,7-10H2,1H3,(H,26,30,31). The van der Waals surface area contributed by atoms with Crippen molar-refractivity contribution in [3.8, 4) is 0 Å². The van der Waals surface area contributed by atoms with E-state index in [0.717, 1.165) is 24.3 Å². The lowest BCUT2D eigenvalue weighted by Crippen LogP contribution is -2.35. The Labute approximate surface area is 178 Å². The number of aliphatic hydroxyl groups excluding tert-OH is 1. The van der Waals surface area contributed by atoms with Crippen LogP contribution in [0.25, 0.3) is 22.0 Å². The molecule has 3 aromatic rings. The molecule has 7 heteroatoms. The van der Waals surface area contributed by atoms with E-state index in [1.807, 2.05) is 35.9 Å². The Balaban J connectivity index is 1.65. The monoisotopic (exact) mass is 419 g/mol. The minimum Gasteiger partial charge on any atom is -0.393 e. The van der Waals surface area contributed by atoms with Gasteiger partial charge in [0.25, 0.3) is 11.8 Å². The second-order valence-electron chi connectivity index (χ2n) is 8.12. The summed E-state index contributed by atoms with van der Waals surface area (Å²) in [5, 5.41) is 12.8. The molecular formula is C24H22FN3O3. The number of aryl methyl sites for hydroxylation is 1. The summed E-state index contributed by atoms with van der Waals surface area (Å²) in [6.45, 7) is 1.45. The number of aliphatic hydroxyl groups is 1. The summed E-state index contributed by atoms with van der Waals surface area (Å²) in [7, 11) is 1.82. The molecule has 3 heterocycles. The summed E-state index contributed by atoms with van der Waals surface area (Å²) in [6.07, 6.45) is 2.86. The van der Waals surface area contributed by atoms with Crippen molar-refractivity contribution < 1.29 is 19.1 Å². The van der Waals surface area contributed by atoms with Crippen LogP contribution in [0.15, 0.2) is 48.7 Å². The van der Waals surface area contributed by atoms with Crippen molar-refractivity contribution in [1.29, 1.82) is 0 Å². The fourth-order valence-electron chi connectivity index (χ4n) is 4.53. The Hall–Kier alpha value is -3.45. The van der Waals surface area contributed by atoms with Crippen molar-refractivity contribution in [3.05, 3.63) is 65.6 Å². The lowest BCUT2D eigenvalue weighted by atomic mass is 9.95. The van der Waals surface area contributed by atoms with Gasteiger partial charge in [-0.2, -0.15) is 0 Å². The molecule has 0 saturated carbocycles. The Morgan fingerprint density at radius 1 is 1.03 bits per heavy atom. The first-order valence-corrected chi connectivity index (χ1v) is 10.3. The van der Waals surface area contributed by atoms with Crippen LogP contribution >= 0.6 is 0 Å². The Morgan fingerprint density at radius 2 is 1.77 bits per heavy atom. The van der Waals surface area contributed by atoms with Crippen LogP contribution in [0.2, 0.25) is 0 Å². The highest BCUT2D eigenvalue weighted by Crippen LogP contribution is 2.37. The van der Waals surface area contributed by atoms with E-state index in [1.54, 1.807) is 12.3 Å². The van der Waals surface area contributed by atoms with Gasteiger partial charge in [0.15, 0.2) is 0 Å². The van der Waals surface area contributed by atoms with Gasteiger partial charge < -0.3 is 14.6 Å². The van der Waals surface area contributed by atoms with Crippen LogP contribution in [0.1, 0.15) is 24.0 Å². The van der Waals surface area contributed by atoms with E-state index >= 15 is 0 Å². The second kappa shape index (κ2) is 7.35. The summed E-state index contributed by atoms with van der Waals surface area (Å²) in [5.74, 6) is -1.34. The summed E-state index contributed by atoms with van der Waals surface area (Å²) in [4.78, 5) is 27.8. The van der Waals surface area contributed by atoms with Crippen LogP contribution in [-0.2, 0) is 16.6 Å². The Bertz CT molecular complexity index is 1250. The van der Waals surface area contributed by atoms with Crippen molar-refractivity contribution in [1.82, 2.24) is 9.88 Å². The third-order valence-corrected chi connectivity index (χ3v) is 6.12. The number of nitrogens with one attached hydrogen (secondary N) is 1. The van der Waals surface area contributed by atoms with Gasteiger partial charge >= 0.3 is 0 Å². The van der Waals surface area contributed by atoms with Crippen molar-refractivity contribution in [2.24, 2.45) is 7.05 Å². The first-order valence-electron chi connectivity index (χ1n) is 10.3. The van der Waals surface area contributed by atoms with Gasteiger partial charge in [0.2, 0.25) is 0 Å². The number of fused-ring (bicyclic) bond motifs is 1. The van der Waals surface area contributed by atoms with Crippen molar-refractivity contribution in [2.75, 3.05) is 18.0 Å². The molecule has 1 aromatic heterocycles. The minimum absolute atomic E-state index is 0.257. The van der Waals surface area contributed by atoms with E-state index in [4.69, 9.17) is 0 Å². The molecule has 158 valence electrons. The first-order chi connectivity index (χ1) is 14.9. The first kappa shape index (κ1) is 19.5. The molecule has 0 atom stereocenters. The van der Waals surface area contributed by atoms with Gasteiger partial charge in [-0.15, -0.1) is 0 Å². The molecule has 2 aliphatic heterocycles. The number of benzene rings is 2. The van der Waals surface area contributed by atoms with Crippen molar-refractivity contribution >= 4 is 39.6 Å². The molecule has 5 rings (SSSR count). The normalized spacial score (nSPS) is 17.7. The van der Waals surface area contributed by atoms with Crippen LogP contribution < -0.4 is 10.2 Å². The number of hydrogen-bond donors (Lipinski definition) is 2. The molecule has 31 heavy (non-hydrogen) atoms. The lowest BCUT2D eigenvalue weighted by molar-refractivity contribution is -0.122. The van der Waals surface area contributed by atoms with Gasteiger partial charge in [0.1, 0.15) is 5.82 Å². The predicted octanol–water partition coefficient (Wildman–Crippen LogP) is 2.85. The van der Waals surface area contributed by atoms with Crippen LogP contribution in [0.4, 0.5) is 10.1 Å². The smallest absolute Gasteiger partial charge is 0.259 e. The molecule has 2 aliphatic rings. The van der Waals surface area contributed by atoms with Crippen LogP contribution in [0.3, 0.4) is 0 Å². The van der Waals surface area contributed by atoms with Gasteiger partial charge in [0, 0.05) is 48.5 Å². The number of rotatable bonds is 3.